The Kier molecular flexibility index (Phi) is 4.59. The van der Waals surface area contributed by atoms with Gasteiger partial charge in [-0.1, -0.05) is 53.7 Å². The largest absolute Gasteiger partial charge is 0.0880 e. The second kappa shape index (κ2) is 4.69. The number of rotatable bonds is 3. The fraction of sp³-hybridized carbons (Fsp3) is 0.833. The standard InChI is InChI=1S/C12H24/c1-10(2)8-7-9-11(3)12(4,5)6/h7,9-11H,8H2,1-6H3/b9-7+/t11-/m0/s1. The molecule has 0 bridgehead atoms. The third-order valence-electron chi connectivity index (χ3n) is 2.40. The summed E-state index contributed by atoms with van der Waals surface area (Å²) in [5, 5.41) is 0. The van der Waals surface area contributed by atoms with Crippen LogP contribution in [0.15, 0.2) is 12.2 Å². The molecule has 0 fully saturated rings. The van der Waals surface area contributed by atoms with Crippen molar-refractivity contribution in [3.63, 3.8) is 0 Å². The fourth-order valence-electron chi connectivity index (χ4n) is 0.844. The summed E-state index contributed by atoms with van der Waals surface area (Å²) in [5.74, 6) is 1.46. The van der Waals surface area contributed by atoms with Crippen LogP contribution in [0.2, 0.25) is 0 Å². The molecule has 0 aromatic heterocycles. The molecule has 0 aliphatic heterocycles. The third-order valence-corrected chi connectivity index (χ3v) is 2.40. The molecule has 0 aromatic rings. The maximum Gasteiger partial charge on any atom is -0.0213 e. The first-order valence-corrected chi connectivity index (χ1v) is 5.00. The fourth-order valence-corrected chi connectivity index (χ4v) is 0.844. The topological polar surface area (TPSA) is 0 Å². The van der Waals surface area contributed by atoms with Gasteiger partial charge in [-0.25, -0.2) is 0 Å². The minimum Gasteiger partial charge on any atom is -0.0880 e. The van der Waals surface area contributed by atoms with Gasteiger partial charge in [-0.05, 0) is 23.7 Å². The average molecular weight is 168 g/mol. The van der Waals surface area contributed by atoms with Gasteiger partial charge in [0.05, 0.1) is 0 Å². The molecule has 0 saturated heterocycles. The van der Waals surface area contributed by atoms with Crippen LogP contribution in [0, 0.1) is 17.3 Å². The molecule has 0 unspecified atom stereocenters. The zero-order valence-corrected chi connectivity index (χ0v) is 9.52. The highest BCUT2D eigenvalue weighted by Gasteiger charge is 2.16. The monoisotopic (exact) mass is 168 g/mol. The lowest BCUT2D eigenvalue weighted by Gasteiger charge is -2.24. The molecule has 0 spiro atoms. The summed E-state index contributed by atoms with van der Waals surface area (Å²) in [6, 6.07) is 0. The Labute approximate surface area is 78.1 Å². The highest BCUT2D eigenvalue weighted by Crippen LogP contribution is 2.26. The Bertz CT molecular complexity index is 135. The Morgan fingerprint density at radius 2 is 1.58 bits per heavy atom. The molecule has 0 aliphatic carbocycles. The van der Waals surface area contributed by atoms with E-state index < -0.39 is 0 Å². The quantitative estimate of drug-likeness (QED) is 0.552. The van der Waals surface area contributed by atoms with Gasteiger partial charge < -0.3 is 0 Å². The Hall–Kier alpha value is -0.260. The van der Waals surface area contributed by atoms with Crippen molar-refractivity contribution >= 4 is 0 Å². The van der Waals surface area contributed by atoms with Crippen molar-refractivity contribution in [3.8, 4) is 0 Å². The summed E-state index contributed by atoms with van der Waals surface area (Å²) in [4.78, 5) is 0. The molecule has 0 N–H and O–H groups in total. The number of hydrogen-bond donors (Lipinski definition) is 0. The second-order valence-electron chi connectivity index (χ2n) is 5.21. The predicted molar refractivity (Wildman–Crippen MR) is 57.2 cm³/mol. The van der Waals surface area contributed by atoms with Crippen LogP contribution in [-0.4, -0.2) is 0 Å². The van der Waals surface area contributed by atoms with E-state index in [1.807, 2.05) is 0 Å². The van der Waals surface area contributed by atoms with E-state index in [-0.39, 0.29) is 0 Å². The zero-order chi connectivity index (χ0) is 9.78. The molecule has 0 amide bonds. The Morgan fingerprint density at radius 3 is 1.92 bits per heavy atom. The van der Waals surface area contributed by atoms with Crippen molar-refractivity contribution in [3.05, 3.63) is 12.2 Å². The molecule has 1 atom stereocenters. The minimum absolute atomic E-state index is 0.410. The van der Waals surface area contributed by atoms with Gasteiger partial charge >= 0.3 is 0 Å². The first-order valence-electron chi connectivity index (χ1n) is 5.00. The van der Waals surface area contributed by atoms with E-state index in [9.17, 15) is 0 Å². The second-order valence-corrected chi connectivity index (χ2v) is 5.21. The zero-order valence-electron chi connectivity index (χ0n) is 9.52. The van der Waals surface area contributed by atoms with Gasteiger partial charge in [-0.15, -0.1) is 0 Å². The van der Waals surface area contributed by atoms with E-state index >= 15 is 0 Å². The number of allylic oxidation sites excluding steroid dienone is 2. The summed E-state index contributed by atoms with van der Waals surface area (Å²) in [7, 11) is 0. The molecule has 0 saturated carbocycles. The molecule has 0 aliphatic rings. The van der Waals surface area contributed by atoms with Gasteiger partial charge in [0.25, 0.3) is 0 Å². The maximum absolute atomic E-state index is 2.35. The first-order chi connectivity index (χ1) is 5.34. The van der Waals surface area contributed by atoms with Crippen LogP contribution < -0.4 is 0 Å². The van der Waals surface area contributed by atoms with Crippen LogP contribution in [0.1, 0.15) is 48.0 Å². The lowest BCUT2D eigenvalue weighted by atomic mass is 9.82. The van der Waals surface area contributed by atoms with Gasteiger partial charge in [-0.2, -0.15) is 0 Å². The molecular weight excluding hydrogens is 144 g/mol. The lowest BCUT2D eigenvalue weighted by Crippen LogP contribution is -2.14. The summed E-state index contributed by atoms with van der Waals surface area (Å²) < 4.78 is 0. The molecule has 72 valence electrons. The van der Waals surface area contributed by atoms with E-state index in [1.54, 1.807) is 0 Å². The van der Waals surface area contributed by atoms with Crippen LogP contribution >= 0.6 is 0 Å². The molecule has 0 rings (SSSR count). The van der Waals surface area contributed by atoms with Crippen molar-refractivity contribution in [1.29, 1.82) is 0 Å². The molecule has 0 heterocycles. The summed E-state index contributed by atoms with van der Waals surface area (Å²) in [6.45, 7) is 13.7. The summed E-state index contributed by atoms with van der Waals surface area (Å²) in [6.07, 6.45) is 5.88. The van der Waals surface area contributed by atoms with Crippen LogP contribution in [0.5, 0.6) is 0 Å². The molecule has 12 heavy (non-hydrogen) atoms. The van der Waals surface area contributed by atoms with Gasteiger partial charge in [-0.3, -0.25) is 0 Å². The SMILES string of the molecule is CC(C)C/C=C/[C@H](C)C(C)(C)C. The van der Waals surface area contributed by atoms with Gasteiger partial charge in [0.1, 0.15) is 0 Å². The Balaban J connectivity index is 3.84. The van der Waals surface area contributed by atoms with E-state index in [1.165, 1.54) is 6.42 Å². The van der Waals surface area contributed by atoms with E-state index in [4.69, 9.17) is 0 Å². The van der Waals surface area contributed by atoms with Crippen molar-refractivity contribution < 1.29 is 0 Å². The van der Waals surface area contributed by atoms with Crippen LogP contribution in [-0.2, 0) is 0 Å². The Morgan fingerprint density at radius 1 is 1.08 bits per heavy atom. The summed E-state index contributed by atoms with van der Waals surface area (Å²) in [5.41, 5.74) is 0.410. The molecule has 0 aromatic carbocycles. The molecule has 0 nitrogen and oxygen atoms in total. The maximum atomic E-state index is 2.35. The average Bonchev–Trinajstić information content (AvgIpc) is 1.84. The molecule has 0 heteroatoms. The molecular formula is C12H24. The number of hydrogen-bond acceptors (Lipinski definition) is 0. The van der Waals surface area contributed by atoms with Gasteiger partial charge in [0.2, 0.25) is 0 Å². The van der Waals surface area contributed by atoms with Gasteiger partial charge in [0.15, 0.2) is 0 Å². The van der Waals surface area contributed by atoms with Crippen LogP contribution in [0.25, 0.3) is 0 Å². The smallest absolute Gasteiger partial charge is 0.0213 e. The van der Waals surface area contributed by atoms with Crippen LogP contribution in [0.4, 0.5) is 0 Å². The van der Waals surface area contributed by atoms with E-state index in [2.05, 4.69) is 53.7 Å². The minimum atomic E-state index is 0.410. The van der Waals surface area contributed by atoms with Crippen molar-refractivity contribution in [1.82, 2.24) is 0 Å². The normalized spacial score (nSPS) is 15.9. The highest BCUT2D eigenvalue weighted by atomic mass is 14.2. The third kappa shape index (κ3) is 5.40. The lowest BCUT2D eigenvalue weighted by molar-refractivity contribution is 0.314. The molecule has 0 radical (unpaired) electrons. The van der Waals surface area contributed by atoms with Gasteiger partial charge in [0, 0.05) is 0 Å². The van der Waals surface area contributed by atoms with E-state index in [0.717, 1.165) is 5.92 Å². The first kappa shape index (κ1) is 11.7. The van der Waals surface area contributed by atoms with Crippen molar-refractivity contribution in [2.24, 2.45) is 17.3 Å². The van der Waals surface area contributed by atoms with Crippen molar-refractivity contribution in [2.75, 3.05) is 0 Å². The highest BCUT2D eigenvalue weighted by molar-refractivity contribution is 4.91. The van der Waals surface area contributed by atoms with E-state index in [0.29, 0.717) is 11.3 Å². The summed E-state index contributed by atoms with van der Waals surface area (Å²) >= 11 is 0. The predicted octanol–water partition coefficient (Wildman–Crippen LogP) is 4.27. The van der Waals surface area contributed by atoms with Crippen molar-refractivity contribution in [2.45, 2.75) is 48.0 Å². The van der Waals surface area contributed by atoms with Crippen LogP contribution in [0.3, 0.4) is 0 Å².